The summed E-state index contributed by atoms with van der Waals surface area (Å²) in [6, 6.07) is 0. The molecule has 3 heteroatoms. The molecule has 0 saturated carbocycles. The van der Waals surface area contributed by atoms with Gasteiger partial charge in [0.05, 0.1) is 12.3 Å². The molecule has 1 unspecified atom stereocenters. The van der Waals surface area contributed by atoms with Gasteiger partial charge in [0.2, 0.25) is 0 Å². The van der Waals surface area contributed by atoms with Crippen LogP contribution in [0.25, 0.3) is 0 Å². The van der Waals surface area contributed by atoms with E-state index in [0.717, 1.165) is 18.8 Å². The van der Waals surface area contributed by atoms with Gasteiger partial charge in [-0.2, -0.15) is 0 Å². The molecule has 0 aliphatic carbocycles. The lowest BCUT2D eigenvalue weighted by Gasteiger charge is -2.05. The Balaban J connectivity index is 1.71. The maximum atomic E-state index is 11.4. The monoisotopic (exact) mass is 380 g/mol. The van der Waals surface area contributed by atoms with Crippen LogP contribution in [0.2, 0.25) is 0 Å². The van der Waals surface area contributed by atoms with Gasteiger partial charge in [0.25, 0.3) is 0 Å². The molecule has 27 heavy (non-hydrogen) atoms. The van der Waals surface area contributed by atoms with Crippen molar-refractivity contribution in [1.29, 1.82) is 0 Å². The number of ether oxygens (including phenoxy) is 1. The Hall–Kier alpha value is -0.860. The number of carbonyl (C=O) groups is 2. The fourth-order valence-electron chi connectivity index (χ4n) is 3.98. The number of carbonyl (C=O) groups excluding carboxylic acids is 2. The second-order valence-electron chi connectivity index (χ2n) is 8.97. The molecule has 0 bridgehead atoms. The highest BCUT2D eigenvalue weighted by atomic mass is 16.6. The van der Waals surface area contributed by atoms with Crippen molar-refractivity contribution >= 4 is 11.9 Å². The maximum Gasteiger partial charge on any atom is 0.317 e. The Morgan fingerprint density at radius 1 is 0.704 bits per heavy atom. The van der Waals surface area contributed by atoms with Gasteiger partial charge in [-0.1, -0.05) is 117 Å². The standard InChI is InChI=1S/C24H44O3/c1-21(2)18-16-14-12-10-8-6-4-3-5-7-9-11-13-15-17-19-22-20-23(25)27-24(22)26/h21-22H,3-20H2,1-2H3. The molecule has 0 spiro atoms. The normalized spacial score (nSPS) is 17.1. The minimum absolute atomic E-state index is 0.155. The summed E-state index contributed by atoms with van der Waals surface area (Å²) in [5, 5.41) is 0. The summed E-state index contributed by atoms with van der Waals surface area (Å²) in [4.78, 5) is 22.4. The summed E-state index contributed by atoms with van der Waals surface area (Å²) in [6.45, 7) is 4.64. The molecule has 1 fully saturated rings. The van der Waals surface area contributed by atoms with Crippen LogP contribution in [-0.4, -0.2) is 11.9 Å². The van der Waals surface area contributed by atoms with Gasteiger partial charge in [0.1, 0.15) is 0 Å². The number of hydrogen-bond donors (Lipinski definition) is 0. The molecule has 158 valence electrons. The Morgan fingerprint density at radius 3 is 1.48 bits per heavy atom. The van der Waals surface area contributed by atoms with E-state index in [0.29, 0.717) is 6.42 Å². The predicted molar refractivity (Wildman–Crippen MR) is 113 cm³/mol. The van der Waals surface area contributed by atoms with Crippen LogP contribution in [0.4, 0.5) is 0 Å². The third-order valence-corrected chi connectivity index (χ3v) is 5.79. The fraction of sp³-hybridized carbons (Fsp3) is 0.917. The van der Waals surface area contributed by atoms with Crippen molar-refractivity contribution in [1.82, 2.24) is 0 Å². The first-order valence-electron chi connectivity index (χ1n) is 11.8. The fourth-order valence-corrected chi connectivity index (χ4v) is 3.98. The SMILES string of the molecule is CC(C)CCCCCCCCCCCCCCCCCC1CC(=O)OC1=O. The highest BCUT2D eigenvalue weighted by Gasteiger charge is 2.32. The number of hydrogen-bond acceptors (Lipinski definition) is 3. The van der Waals surface area contributed by atoms with Crippen LogP contribution in [0.15, 0.2) is 0 Å². The summed E-state index contributed by atoms with van der Waals surface area (Å²) >= 11 is 0. The minimum atomic E-state index is -0.341. The molecule has 1 atom stereocenters. The van der Waals surface area contributed by atoms with Crippen molar-refractivity contribution in [3.05, 3.63) is 0 Å². The van der Waals surface area contributed by atoms with Gasteiger partial charge >= 0.3 is 11.9 Å². The molecule has 3 nitrogen and oxygen atoms in total. The van der Waals surface area contributed by atoms with Crippen LogP contribution in [0, 0.1) is 11.8 Å². The van der Waals surface area contributed by atoms with Crippen LogP contribution in [0.5, 0.6) is 0 Å². The van der Waals surface area contributed by atoms with E-state index in [1.807, 2.05) is 0 Å². The average Bonchev–Trinajstić information content (AvgIpc) is 2.94. The molecule has 1 aliphatic rings. The van der Waals surface area contributed by atoms with Gasteiger partial charge in [-0.3, -0.25) is 9.59 Å². The molecule has 0 aromatic carbocycles. The largest absolute Gasteiger partial charge is 0.393 e. The maximum absolute atomic E-state index is 11.4. The highest BCUT2D eigenvalue weighted by Crippen LogP contribution is 2.22. The molecule has 1 aliphatic heterocycles. The number of unbranched alkanes of at least 4 members (excludes halogenated alkanes) is 14. The third-order valence-electron chi connectivity index (χ3n) is 5.79. The predicted octanol–water partition coefficient (Wildman–Crippen LogP) is 7.36. The van der Waals surface area contributed by atoms with Gasteiger partial charge in [-0.25, -0.2) is 0 Å². The minimum Gasteiger partial charge on any atom is -0.393 e. The molecule has 0 aromatic heterocycles. The van der Waals surface area contributed by atoms with Crippen LogP contribution < -0.4 is 0 Å². The molecule has 0 aromatic rings. The zero-order chi connectivity index (χ0) is 19.7. The quantitative estimate of drug-likeness (QED) is 0.142. The first kappa shape index (κ1) is 24.2. The topological polar surface area (TPSA) is 43.4 Å². The molecular formula is C24H44O3. The van der Waals surface area contributed by atoms with Crippen molar-refractivity contribution in [3.63, 3.8) is 0 Å². The van der Waals surface area contributed by atoms with Crippen LogP contribution in [-0.2, 0) is 14.3 Å². The smallest absolute Gasteiger partial charge is 0.317 e. The second kappa shape index (κ2) is 16.1. The molecule has 0 N–H and O–H groups in total. The Bertz CT molecular complexity index is 389. The summed E-state index contributed by atoms with van der Waals surface area (Å²) in [6.07, 6.45) is 22.8. The lowest BCUT2D eigenvalue weighted by molar-refractivity contribution is -0.153. The van der Waals surface area contributed by atoms with Crippen LogP contribution in [0.3, 0.4) is 0 Å². The highest BCUT2D eigenvalue weighted by molar-refractivity contribution is 5.94. The average molecular weight is 381 g/mol. The van der Waals surface area contributed by atoms with E-state index in [-0.39, 0.29) is 17.9 Å². The third kappa shape index (κ3) is 13.9. The van der Waals surface area contributed by atoms with Crippen molar-refractivity contribution in [3.8, 4) is 0 Å². The number of esters is 2. The van der Waals surface area contributed by atoms with E-state index >= 15 is 0 Å². The van der Waals surface area contributed by atoms with E-state index in [4.69, 9.17) is 0 Å². The summed E-state index contributed by atoms with van der Waals surface area (Å²) in [7, 11) is 0. The number of cyclic esters (lactones) is 2. The van der Waals surface area contributed by atoms with Gasteiger partial charge in [0, 0.05) is 0 Å². The van der Waals surface area contributed by atoms with E-state index in [1.165, 1.54) is 96.3 Å². The molecule has 1 saturated heterocycles. The van der Waals surface area contributed by atoms with Gasteiger partial charge in [-0.05, 0) is 12.3 Å². The van der Waals surface area contributed by atoms with Crippen LogP contribution >= 0.6 is 0 Å². The Kier molecular flexibility index (Phi) is 14.4. The lowest BCUT2D eigenvalue weighted by atomic mass is 9.98. The summed E-state index contributed by atoms with van der Waals surface area (Å²) < 4.78 is 4.58. The van der Waals surface area contributed by atoms with E-state index in [1.54, 1.807) is 0 Å². The Labute approximate surface area is 168 Å². The molecule has 1 rings (SSSR count). The lowest BCUT2D eigenvalue weighted by Crippen LogP contribution is -2.06. The van der Waals surface area contributed by atoms with Crippen molar-refractivity contribution in [2.75, 3.05) is 0 Å². The second-order valence-corrected chi connectivity index (χ2v) is 8.97. The van der Waals surface area contributed by atoms with Crippen LogP contribution in [0.1, 0.15) is 129 Å². The zero-order valence-electron chi connectivity index (χ0n) is 18.1. The number of rotatable bonds is 18. The van der Waals surface area contributed by atoms with E-state index in [2.05, 4.69) is 18.6 Å². The summed E-state index contributed by atoms with van der Waals surface area (Å²) in [5.41, 5.74) is 0. The van der Waals surface area contributed by atoms with Gasteiger partial charge < -0.3 is 4.74 Å². The summed E-state index contributed by atoms with van der Waals surface area (Å²) in [5.74, 6) is 0.0740. The first-order valence-corrected chi connectivity index (χ1v) is 11.8. The van der Waals surface area contributed by atoms with Crippen molar-refractivity contribution < 1.29 is 14.3 Å². The van der Waals surface area contributed by atoms with Gasteiger partial charge in [-0.15, -0.1) is 0 Å². The zero-order valence-corrected chi connectivity index (χ0v) is 18.1. The van der Waals surface area contributed by atoms with E-state index in [9.17, 15) is 9.59 Å². The molecule has 0 amide bonds. The van der Waals surface area contributed by atoms with Crippen molar-refractivity contribution in [2.24, 2.45) is 11.8 Å². The Morgan fingerprint density at radius 2 is 1.11 bits per heavy atom. The van der Waals surface area contributed by atoms with Crippen molar-refractivity contribution in [2.45, 2.75) is 129 Å². The first-order chi connectivity index (χ1) is 13.1. The molecule has 1 heterocycles. The van der Waals surface area contributed by atoms with Gasteiger partial charge in [0.15, 0.2) is 0 Å². The molecular weight excluding hydrogens is 336 g/mol. The molecule has 0 radical (unpaired) electrons. The van der Waals surface area contributed by atoms with E-state index < -0.39 is 0 Å².